The van der Waals surface area contributed by atoms with Crippen molar-refractivity contribution in [2.75, 3.05) is 31.1 Å². The summed E-state index contributed by atoms with van der Waals surface area (Å²) < 4.78 is 1.80. The summed E-state index contributed by atoms with van der Waals surface area (Å²) in [7, 11) is 1.91. The molecular weight excluding hydrogens is 412 g/mol. The minimum atomic E-state index is 0.0858. The molecule has 3 aromatic heterocycles. The molecule has 2 aliphatic rings. The smallest absolute Gasteiger partial charge is 0.254 e. The molecule has 6 rings (SSSR count). The first-order valence-corrected chi connectivity index (χ1v) is 11.7. The summed E-state index contributed by atoms with van der Waals surface area (Å²) >= 11 is 0. The van der Waals surface area contributed by atoms with Crippen LogP contribution >= 0.6 is 0 Å². The molecule has 1 aromatic carbocycles. The van der Waals surface area contributed by atoms with Gasteiger partial charge in [0, 0.05) is 50.2 Å². The molecule has 0 N–H and O–H groups in total. The van der Waals surface area contributed by atoms with Crippen molar-refractivity contribution in [1.29, 1.82) is 0 Å². The summed E-state index contributed by atoms with van der Waals surface area (Å²) in [5.41, 5.74) is 5.71. The van der Waals surface area contributed by atoms with Crippen molar-refractivity contribution in [3.8, 4) is 0 Å². The number of hydrogen-bond donors (Lipinski definition) is 0. The van der Waals surface area contributed by atoms with E-state index >= 15 is 0 Å². The quantitative estimate of drug-likeness (QED) is 0.482. The number of fused-ring (bicyclic) bond motifs is 2. The number of hydrogen-bond acceptors (Lipinski definition) is 5. The Hall–Kier alpha value is -3.48. The number of anilines is 1. The average molecular weight is 441 g/mol. The number of carbonyl (C=O) groups is 1. The summed E-state index contributed by atoms with van der Waals surface area (Å²) in [5.74, 6) is 1.56. The normalized spacial score (nSPS) is 16.7. The largest absolute Gasteiger partial charge is 0.353 e. The van der Waals surface area contributed by atoms with Gasteiger partial charge in [-0.15, -0.1) is 0 Å². The molecule has 1 aliphatic heterocycles. The number of amides is 1. The van der Waals surface area contributed by atoms with Gasteiger partial charge in [0.25, 0.3) is 5.91 Å². The lowest BCUT2D eigenvalue weighted by molar-refractivity contribution is 0.0748. The highest BCUT2D eigenvalue weighted by Crippen LogP contribution is 2.40. The van der Waals surface area contributed by atoms with Gasteiger partial charge < -0.3 is 9.80 Å². The molecule has 0 unspecified atom stereocenters. The Labute approximate surface area is 193 Å². The van der Waals surface area contributed by atoms with Crippen LogP contribution in [0, 0.1) is 13.8 Å². The van der Waals surface area contributed by atoms with E-state index in [2.05, 4.69) is 41.2 Å². The minimum absolute atomic E-state index is 0.0858. The number of benzene rings is 1. The average Bonchev–Trinajstić information content (AvgIpc) is 3.64. The Kier molecular flexibility index (Phi) is 4.60. The number of para-hydroxylation sites is 1. The van der Waals surface area contributed by atoms with Crippen LogP contribution in [0.4, 0.5) is 5.82 Å². The van der Waals surface area contributed by atoms with E-state index in [1.54, 1.807) is 4.68 Å². The lowest BCUT2D eigenvalue weighted by atomic mass is 10.1. The third-order valence-electron chi connectivity index (χ3n) is 7.01. The van der Waals surface area contributed by atoms with Gasteiger partial charge in [-0.2, -0.15) is 5.10 Å². The third kappa shape index (κ3) is 3.43. The van der Waals surface area contributed by atoms with Crippen molar-refractivity contribution in [3.05, 3.63) is 58.9 Å². The zero-order valence-corrected chi connectivity index (χ0v) is 19.4. The number of nitrogens with zero attached hydrogens (tertiary/aromatic N) is 6. The molecule has 0 bridgehead atoms. The zero-order valence-electron chi connectivity index (χ0n) is 19.4. The molecule has 33 heavy (non-hydrogen) atoms. The van der Waals surface area contributed by atoms with E-state index in [1.807, 2.05) is 31.0 Å². The fraction of sp³-hybridized carbons (Fsp3) is 0.385. The maximum absolute atomic E-state index is 13.7. The Bertz CT molecular complexity index is 1400. The van der Waals surface area contributed by atoms with E-state index in [9.17, 15) is 4.79 Å². The molecular formula is C26H28N6O. The summed E-state index contributed by atoms with van der Waals surface area (Å²) in [6.07, 6.45) is 2.31. The van der Waals surface area contributed by atoms with E-state index < -0.39 is 0 Å². The highest BCUT2D eigenvalue weighted by Gasteiger charge is 2.31. The van der Waals surface area contributed by atoms with Gasteiger partial charge in [-0.3, -0.25) is 9.48 Å². The summed E-state index contributed by atoms with van der Waals surface area (Å²) in [4.78, 5) is 27.7. The van der Waals surface area contributed by atoms with Crippen LogP contribution in [0.15, 0.2) is 36.4 Å². The number of pyridine rings is 2. The molecule has 1 saturated carbocycles. The number of rotatable bonds is 3. The Morgan fingerprint density at radius 1 is 1.00 bits per heavy atom. The van der Waals surface area contributed by atoms with Crippen LogP contribution in [0.3, 0.4) is 0 Å². The molecule has 2 fully saturated rings. The number of piperazine rings is 1. The van der Waals surface area contributed by atoms with Gasteiger partial charge >= 0.3 is 0 Å². The first-order chi connectivity index (χ1) is 16.0. The summed E-state index contributed by atoms with van der Waals surface area (Å²) in [6, 6.07) is 12.4. The Balaban J connectivity index is 1.27. The van der Waals surface area contributed by atoms with E-state index in [1.165, 1.54) is 10.9 Å². The molecule has 1 amide bonds. The molecule has 0 radical (unpaired) electrons. The molecule has 7 nitrogen and oxygen atoms in total. The lowest BCUT2D eigenvalue weighted by Crippen LogP contribution is -2.49. The van der Waals surface area contributed by atoms with Gasteiger partial charge in [-0.05, 0) is 50.5 Å². The molecule has 0 spiro atoms. The molecule has 1 aliphatic carbocycles. The summed E-state index contributed by atoms with van der Waals surface area (Å²) in [5, 5.41) is 6.63. The minimum Gasteiger partial charge on any atom is -0.353 e. The van der Waals surface area contributed by atoms with Crippen molar-refractivity contribution in [2.24, 2.45) is 7.05 Å². The van der Waals surface area contributed by atoms with E-state index in [4.69, 9.17) is 9.97 Å². The fourth-order valence-corrected chi connectivity index (χ4v) is 5.02. The first kappa shape index (κ1) is 20.1. The second-order valence-corrected chi connectivity index (χ2v) is 9.37. The maximum atomic E-state index is 13.7. The highest BCUT2D eigenvalue weighted by atomic mass is 16.2. The maximum Gasteiger partial charge on any atom is 0.254 e. The molecule has 168 valence electrons. The Morgan fingerprint density at radius 2 is 1.76 bits per heavy atom. The highest BCUT2D eigenvalue weighted by molar-refractivity contribution is 6.06. The predicted octanol–water partition coefficient (Wildman–Crippen LogP) is 3.97. The molecule has 1 saturated heterocycles. The van der Waals surface area contributed by atoms with E-state index in [-0.39, 0.29) is 5.91 Å². The van der Waals surface area contributed by atoms with E-state index in [0.29, 0.717) is 19.0 Å². The van der Waals surface area contributed by atoms with Crippen molar-refractivity contribution < 1.29 is 4.79 Å². The van der Waals surface area contributed by atoms with Gasteiger partial charge in [-0.1, -0.05) is 18.2 Å². The van der Waals surface area contributed by atoms with Crippen LogP contribution in [0.1, 0.15) is 46.1 Å². The fourth-order valence-electron chi connectivity index (χ4n) is 5.02. The second kappa shape index (κ2) is 7.54. The van der Waals surface area contributed by atoms with Gasteiger partial charge in [-0.25, -0.2) is 9.97 Å². The molecule has 7 heteroatoms. The van der Waals surface area contributed by atoms with Crippen molar-refractivity contribution in [2.45, 2.75) is 32.6 Å². The molecule has 4 aromatic rings. The first-order valence-electron chi connectivity index (χ1n) is 11.7. The SMILES string of the molecule is Cc1cc(N2CCN(C(=O)c3cc(C4CC4)nc4c3c(C)nn4C)CC2)nc2ccccc12. The van der Waals surface area contributed by atoms with Crippen LogP contribution in [0.5, 0.6) is 0 Å². The predicted molar refractivity (Wildman–Crippen MR) is 130 cm³/mol. The zero-order chi connectivity index (χ0) is 22.7. The van der Waals surface area contributed by atoms with Crippen LogP contribution in [-0.4, -0.2) is 56.7 Å². The van der Waals surface area contributed by atoms with Crippen molar-refractivity contribution in [1.82, 2.24) is 24.6 Å². The van der Waals surface area contributed by atoms with Crippen molar-refractivity contribution in [3.63, 3.8) is 0 Å². The van der Waals surface area contributed by atoms with Gasteiger partial charge in [0.05, 0.1) is 22.2 Å². The second-order valence-electron chi connectivity index (χ2n) is 9.37. The Morgan fingerprint density at radius 3 is 2.52 bits per heavy atom. The van der Waals surface area contributed by atoms with Crippen LogP contribution in [0.2, 0.25) is 0 Å². The number of aromatic nitrogens is 4. The monoisotopic (exact) mass is 440 g/mol. The van der Waals surface area contributed by atoms with Crippen LogP contribution in [-0.2, 0) is 7.05 Å². The lowest BCUT2D eigenvalue weighted by Gasteiger charge is -2.35. The number of aryl methyl sites for hydroxylation is 3. The van der Waals surface area contributed by atoms with Gasteiger partial charge in [0.1, 0.15) is 5.82 Å². The molecule has 0 atom stereocenters. The van der Waals surface area contributed by atoms with Crippen molar-refractivity contribution >= 4 is 33.7 Å². The van der Waals surface area contributed by atoms with E-state index in [0.717, 1.165) is 65.3 Å². The topological polar surface area (TPSA) is 67.2 Å². The van der Waals surface area contributed by atoms with Gasteiger partial charge in [0.15, 0.2) is 5.65 Å². The summed E-state index contributed by atoms with van der Waals surface area (Å²) in [6.45, 7) is 6.99. The van der Waals surface area contributed by atoms with Crippen LogP contribution < -0.4 is 4.90 Å². The third-order valence-corrected chi connectivity index (χ3v) is 7.01. The van der Waals surface area contributed by atoms with Crippen LogP contribution in [0.25, 0.3) is 21.9 Å². The number of carbonyl (C=O) groups excluding carboxylic acids is 1. The van der Waals surface area contributed by atoms with Gasteiger partial charge in [0.2, 0.25) is 0 Å². The standard InChI is InChI=1S/C26H28N6O/c1-16-14-23(27-21-7-5-4-6-19(16)21)31-10-12-32(13-11-31)26(33)20-15-22(18-8-9-18)28-25-24(20)17(2)29-30(25)3/h4-7,14-15,18H,8-13H2,1-3H3. The molecule has 4 heterocycles.